The van der Waals surface area contributed by atoms with Crippen molar-refractivity contribution in [2.24, 2.45) is 0 Å². The molecule has 2 aromatic rings. The molecule has 0 spiro atoms. The number of rotatable bonds is 5. The van der Waals surface area contributed by atoms with Gasteiger partial charge in [0.1, 0.15) is 5.69 Å². The zero-order chi connectivity index (χ0) is 14.7. The number of aromatic nitrogens is 2. The molecule has 0 radical (unpaired) electrons. The summed E-state index contributed by atoms with van der Waals surface area (Å²) in [4.78, 5) is 16.5. The van der Waals surface area contributed by atoms with Gasteiger partial charge in [-0.05, 0) is 19.9 Å². The molecule has 1 unspecified atom stereocenters. The molecule has 2 heterocycles. The van der Waals surface area contributed by atoms with Gasteiger partial charge in [-0.1, -0.05) is 6.92 Å². The highest BCUT2D eigenvalue weighted by atomic mass is 32.1. The van der Waals surface area contributed by atoms with Gasteiger partial charge in [0.15, 0.2) is 0 Å². The second-order valence-electron chi connectivity index (χ2n) is 5.14. The van der Waals surface area contributed by atoms with Crippen molar-refractivity contribution in [1.29, 1.82) is 0 Å². The Hall–Kier alpha value is -1.82. The van der Waals surface area contributed by atoms with Crippen LogP contribution in [-0.4, -0.2) is 22.0 Å². The van der Waals surface area contributed by atoms with Gasteiger partial charge in [-0.3, -0.25) is 4.79 Å². The summed E-state index contributed by atoms with van der Waals surface area (Å²) in [5.41, 5.74) is 6.99. The van der Waals surface area contributed by atoms with Crippen LogP contribution in [0.3, 0.4) is 0 Å². The third-order valence-corrected chi connectivity index (χ3v) is 4.11. The van der Waals surface area contributed by atoms with E-state index in [-0.39, 0.29) is 17.9 Å². The minimum atomic E-state index is -0.0983. The predicted octanol–water partition coefficient (Wildman–Crippen LogP) is 2.64. The zero-order valence-corrected chi connectivity index (χ0v) is 12.8. The summed E-state index contributed by atoms with van der Waals surface area (Å²) < 4.78 is 1.89. The molecule has 0 bridgehead atoms. The molecule has 6 heteroatoms. The molecule has 0 saturated heterocycles. The van der Waals surface area contributed by atoms with Crippen molar-refractivity contribution in [1.82, 2.24) is 14.9 Å². The number of nitrogens with one attached hydrogen (secondary N) is 1. The van der Waals surface area contributed by atoms with E-state index >= 15 is 0 Å². The first-order valence-corrected chi connectivity index (χ1v) is 7.52. The van der Waals surface area contributed by atoms with Crippen molar-refractivity contribution in [3.8, 4) is 0 Å². The average Bonchev–Trinajstić information content (AvgIpc) is 3.04. The molecule has 2 rings (SSSR count). The van der Waals surface area contributed by atoms with E-state index in [2.05, 4.69) is 17.2 Å². The maximum Gasteiger partial charge on any atom is 0.268 e. The smallest absolute Gasteiger partial charge is 0.268 e. The molecule has 0 aliphatic heterocycles. The molecule has 1 amide bonds. The Labute approximate surface area is 122 Å². The highest BCUT2D eigenvalue weighted by Crippen LogP contribution is 2.18. The van der Waals surface area contributed by atoms with Gasteiger partial charge in [0.25, 0.3) is 5.91 Å². The van der Waals surface area contributed by atoms with Crippen LogP contribution in [-0.2, 0) is 0 Å². The topological polar surface area (TPSA) is 72.9 Å². The van der Waals surface area contributed by atoms with Gasteiger partial charge < -0.3 is 15.6 Å². The summed E-state index contributed by atoms with van der Waals surface area (Å²) in [6.07, 6.45) is 3.58. The van der Waals surface area contributed by atoms with E-state index in [0.29, 0.717) is 17.9 Å². The number of nitrogens with two attached hydrogens (primary N) is 1. The fourth-order valence-corrected chi connectivity index (χ4v) is 2.71. The predicted molar refractivity (Wildman–Crippen MR) is 82.1 cm³/mol. The minimum absolute atomic E-state index is 0.0983. The molecule has 0 aliphatic rings. The molecular formula is C14H20N4OS. The summed E-state index contributed by atoms with van der Waals surface area (Å²) in [6, 6.07) is 1.91. The van der Waals surface area contributed by atoms with Gasteiger partial charge in [-0.15, -0.1) is 11.3 Å². The summed E-state index contributed by atoms with van der Waals surface area (Å²) in [7, 11) is 0. The van der Waals surface area contributed by atoms with Gasteiger partial charge in [0.05, 0.1) is 10.7 Å². The van der Waals surface area contributed by atoms with Crippen LogP contribution in [0.4, 0.5) is 5.69 Å². The van der Waals surface area contributed by atoms with Crippen molar-refractivity contribution < 1.29 is 4.79 Å². The Kier molecular flexibility index (Phi) is 4.44. The van der Waals surface area contributed by atoms with Crippen LogP contribution in [0.2, 0.25) is 0 Å². The van der Waals surface area contributed by atoms with Crippen LogP contribution in [0.15, 0.2) is 23.8 Å². The van der Waals surface area contributed by atoms with Gasteiger partial charge in [-0.2, -0.15) is 0 Å². The van der Waals surface area contributed by atoms with E-state index in [1.165, 1.54) is 0 Å². The normalized spacial score (nSPS) is 12.6. The Morgan fingerprint density at radius 1 is 1.50 bits per heavy atom. The van der Waals surface area contributed by atoms with Gasteiger partial charge in [0.2, 0.25) is 0 Å². The molecule has 1 atom stereocenters. The quantitative estimate of drug-likeness (QED) is 0.889. The molecule has 2 aromatic heterocycles. The second kappa shape index (κ2) is 6.09. The number of nitrogens with zero attached hydrogens (tertiary/aromatic N) is 2. The first-order valence-electron chi connectivity index (χ1n) is 6.64. The number of hydrogen-bond acceptors (Lipinski definition) is 4. The van der Waals surface area contributed by atoms with Crippen molar-refractivity contribution in [3.63, 3.8) is 0 Å². The number of nitrogen functional groups attached to an aromatic ring is 1. The zero-order valence-electron chi connectivity index (χ0n) is 12.0. The molecular weight excluding hydrogens is 272 g/mol. The van der Waals surface area contributed by atoms with Crippen LogP contribution in [0.25, 0.3) is 0 Å². The number of thiazole rings is 1. The Morgan fingerprint density at radius 3 is 2.85 bits per heavy atom. The van der Waals surface area contributed by atoms with E-state index in [0.717, 1.165) is 5.01 Å². The third-order valence-electron chi connectivity index (χ3n) is 3.10. The van der Waals surface area contributed by atoms with Crippen LogP contribution in [0.5, 0.6) is 0 Å². The minimum Gasteiger partial charge on any atom is -0.397 e. The van der Waals surface area contributed by atoms with E-state index < -0.39 is 0 Å². The molecule has 0 aliphatic carbocycles. The maximum absolute atomic E-state index is 12.3. The first kappa shape index (κ1) is 14.6. The van der Waals surface area contributed by atoms with Gasteiger partial charge >= 0.3 is 0 Å². The fourth-order valence-electron chi connectivity index (χ4n) is 2.01. The monoisotopic (exact) mass is 292 g/mol. The maximum atomic E-state index is 12.3. The highest BCUT2D eigenvalue weighted by molar-refractivity contribution is 7.09. The number of carbonyl (C=O) groups excluding carboxylic acids is 1. The Bertz CT molecular complexity index is 574. The second-order valence-corrected chi connectivity index (χ2v) is 6.07. The molecule has 5 nitrogen and oxygen atoms in total. The van der Waals surface area contributed by atoms with Crippen molar-refractivity contribution in [2.45, 2.75) is 32.7 Å². The summed E-state index contributed by atoms with van der Waals surface area (Å²) in [5.74, 6) is 0.109. The number of anilines is 1. The fraction of sp³-hybridized carbons (Fsp3) is 0.429. The van der Waals surface area contributed by atoms with Crippen LogP contribution < -0.4 is 11.1 Å². The van der Waals surface area contributed by atoms with Crippen molar-refractivity contribution in [2.75, 3.05) is 12.3 Å². The van der Waals surface area contributed by atoms with Crippen molar-refractivity contribution >= 4 is 22.9 Å². The number of hydrogen-bond donors (Lipinski definition) is 2. The standard InChI is InChI=1S/C14H20N4OS/c1-9(2)18-8-11(15)6-12(18)13(19)17-7-10(3)14-16-4-5-20-14/h4-6,8-10H,7,15H2,1-3H3,(H,17,19). The van der Waals surface area contributed by atoms with Crippen LogP contribution in [0.1, 0.15) is 48.2 Å². The lowest BCUT2D eigenvalue weighted by atomic mass is 10.2. The van der Waals surface area contributed by atoms with Crippen LogP contribution in [0, 0.1) is 0 Å². The Morgan fingerprint density at radius 2 is 2.25 bits per heavy atom. The SMILES string of the molecule is CC(CNC(=O)c1cc(N)cn1C(C)C)c1nccs1. The largest absolute Gasteiger partial charge is 0.397 e. The van der Waals surface area contributed by atoms with E-state index in [1.54, 1.807) is 29.8 Å². The first-order chi connectivity index (χ1) is 9.49. The average molecular weight is 292 g/mol. The van der Waals surface area contributed by atoms with E-state index in [4.69, 9.17) is 5.73 Å². The Balaban J connectivity index is 2.02. The molecule has 0 saturated carbocycles. The molecule has 108 valence electrons. The number of carbonyl (C=O) groups is 1. The van der Waals surface area contributed by atoms with E-state index in [1.807, 2.05) is 23.8 Å². The van der Waals surface area contributed by atoms with Crippen molar-refractivity contribution in [3.05, 3.63) is 34.5 Å². The molecule has 20 heavy (non-hydrogen) atoms. The summed E-state index contributed by atoms with van der Waals surface area (Å²) in [6.45, 7) is 6.66. The van der Waals surface area contributed by atoms with Crippen LogP contribution >= 0.6 is 11.3 Å². The third kappa shape index (κ3) is 3.19. The summed E-state index contributed by atoms with van der Waals surface area (Å²) >= 11 is 1.60. The molecule has 0 aromatic carbocycles. The van der Waals surface area contributed by atoms with Gasteiger partial charge in [0, 0.05) is 36.3 Å². The lowest BCUT2D eigenvalue weighted by Crippen LogP contribution is -2.29. The summed E-state index contributed by atoms with van der Waals surface area (Å²) in [5, 5.41) is 5.92. The number of amides is 1. The molecule has 3 N–H and O–H groups in total. The lowest BCUT2D eigenvalue weighted by Gasteiger charge is -2.14. The van der Waals surface area contributed by atoms with Gasteiger partial charge in [-0.25, -0.2) is 4.98 Å². The van der Waals surface area contributed by atoms with E-state index in [9.17, 15) is 4.79 Å². The molecule has 0 fully saturated rings. The highest BCUT2D eigenvalue weighted by Gasteiger charge is 2.16. The lowest BCUT2D eigenvalue weighted by molar-refractivity contribution is 0.0941.